The van der Waals surface area contributed by atoms with Gasteiger partial charge in [0.15, 0.2) is 0 Å². The van der Waals surface area contributed by atoms with E-state index in [0.29, 0.717) is 31.2 Å². The molecule has 0 aliphatic carbocycles. The minimum absolute atomic E-state index is 0.412. The second-order valence-electron chi connectivity index (χ2n) is 5.65. The SMILES string of the molecule is Cc1c(C)c(C)c(S(=O)(=O)NN2CCOCC2)c(C)c1C. The Labute approximate surface area is 127 Å². The topological polar surface area (TPSA) is 58.6 Å². The molecule has 5 nitrogen and oxygen atoms in total. The number of ether oxygens (including phenoxy) is 1. The van der Waals surface area contributed by atoms with Crippen molar-refractivity contribution in [3.63, 3.8) is 0 Å². The summed E-state index contributed by atoms with van der Waals surface area (Å²) in [6.45, 7) is 12.0. The second-order valence-corrected chi connectivity index (χ2v) is 7.25. The maximum atomic E-state index is 12.8. The fourth-order valence-corrected chi connectivity index (χ4v) is 4.47. The fraction of sp³-hybridized carbons (Fsp3) is 0.600. The third-order valence-electron chi connectivity index (χ3n) is 4.46. The molecule has 21 heavy (non-hydrogen) atoms. The lowest BCUT2D eigenvalue weighted by molar-refractivity contribution is 0.0272. The molecule has 0 amide bonds. The summed E-state index contributed by atoms with van der Waals surface area (Å²) in [6, 6.07) is 0. The van der Waals surface area contributed by atoms with Crippen molar-refractivity contribution in [2.24, 2.45) is 0 Å². The number of hydrogen-bond donors (Lipinski definition) is 1. The van der Waals surface area contributed by atoms with Crippen LogP contribution in [0.3, 0.4) is 0 Å². The van der Waals surface area contributed by atoms with Gasteiger partial charge in [0.05, 0.1) is 18.1 Å². The zero-order valence-corrected chi connectivity index (χ0v) is 14.2. The van der Waals surface area contributed by atoms with Crippen molar-refractivity contribution < 1.29 is 13.2 Å². The van der Waals surface area contributed by atoms with Crippen molar-refractivity contribution in [1.82, 2.24) is 9.84 Å². The normalized spacial score (nSPS) is 17.2. The summed E-state index contributed by atoms with van der Waals surface area (Å²) in [5, 5.41) is 1.71. The summed E-state index contributed by atoms with van der Waals surface area (Å²) in [6.07, 6.45) is 0. The molecular weight excluding hydrogens is 288 g/mol. The van der Waals surface area contributed by atoms with E-state index in [1.807, 2.05) is 34.6 Å². The minimum Gasteiger partial charge on any atom is -0.379 e. The molecule has 0 spiro atoms. The number of nitrogens with zero attached hydrogens (tertiary/aromatic N) is 1. The molecule has 0 bridgehead atoms. The Morgan fingerprint density at radius 3 is 1.76 bits per heavy atom. The Morgan fingerprint density at radius 1 is 0.857 bits per heavy atom. The number of hydrazine groups is 1. The highest BCUT2D eigenvalue weighted by Gasteiger charge is 2.26. The lowest BCUT2D eigenvalue weighted by atomic mass is 9.95. The Kier molecular flexibility index (Phi) is 4.72. The molecule has 2 rings (SSSR count). The van der Waals surface area contributed by atoms with Crippen LogP contribution in [0, 0.1) is 34.6 Å². The molecule has 0 saturated carbocycles. The first-order valence-electron chi connectivity index (χ1n) is 7.17. The maximum Gasteiger partial charge on any atom is 0.254 e. The van der Waals surface area contributed by atoms with Crippen molar-refractivity contribution in [1.29, 1.82) is 0 Å². The van der Waals surface area contributed by atoms with Gasteiger partial charge >= 0.3 is 0 Å². The van der Waals surface area contributed by atoms with Crippen LogP contribution in [0.2, 0.25) is 0 Å². The molecule has 0 unspecified atom stereocenters. The summed E-state index contributed by atoms with van der Waals surface area (Å²) in [4.78, 5) is 3.10. The monoisotopic (exact) mass is 312 g/mol. The smallest absolute Gasteiger partial charge is 0.254 e. The van der Waals surface area contributed by atoms with Gasteiger partial charge in [-0.3, -0.25) is 0 Å². The Bertz CT molecular complexity index is 618. The number of morpholine rings is 1. The van der Waals surface area contributed by atoms with Gasteiger partial charge in [0.1, 0.15) is 0 Å². The molecule has 1 saturated heterocycles. The van der Waals surface area contributed by atoms with Crippen LogP contribution in [0.1, 0.15) is 27.8 Å². The molecule has 118 valence electrons. The summed E-state index contributed by atoms with van der Waals surface area (Å²) >= 11 is 0. The van der Waals surface area contributed by atoms with Crippen LogP contribution in [0.5, 0.6) is 0 Å². The molecule has 1 aliphatic heterocycles. The number of sulfonamides is 1. The molecule has 1 heterocycles. The van der Waals surface area contributed by atoms with Gasteiger partial charge in [-0.05, 0) is 62.4 Å². The van der Waals surface area contributed by atoms with Gasteiger partial charge in [-0.1, -0.05) is 0 Å². The van der Waals surface area contributed by atoms with E-state index in [9.17, 15) is 8.42 Å². The molecular formula is C15H24N2O3S. The fourth-order valence-electron chi connectivity index (χ4n) is 2.74. The summed E-state index contributed by atoms with van der Waals surface area (Å²) < 4.78 is 30.8. The van der Waals surface area contributed by atoms with Gasteiger partial charge in [0, 0.05) is 13.1 Å². The van der Waals surface area contributed by atoms with Crippen LogP contribution in [-0.4, -0.2) is 39.7 Å². The molecule has 1 fully saturated rings. The van der Waals surface area contributed by atoms with Crippen molar-refractivity contribution >= 4 is 10.0 Å². The highest BCUT2D eigenvalue weighted by Crippen LogP contribution is 2.29. The molecule has 1 aromatic rings. The van der Waals surface area contributed by atoms with Gasteiger partial charge < -0.3 is 4.74 Å². The Balaban J connectivity index is 2.45. The molecule has 1 aliphatic rings. The van der Waals surface area contributed by atoms with Crippen LogP contribution < -0.4 is 4.83 Å². The van der Waals surface area contributed by atoms with E-state index >= 15 is 0 Å². The standard InChI is InChI=1S/C15H24N2O3S/c1-10-11(2)13(4)15(14(5)12(10)3)21(18,19)16-17-6-8-20-9-7-17/h16H,6-9H2,1-5H3. The van der Waals surface area contributed by atoms with E-state index in [2.05, 4.69) is 4.83 Å². The Morgan fingerprint density at radius 2 is 1.29 bits per heavy atom. The highest BCUT2D eigenvalue weighted by molar-refractivity contribution is 7.89. The summed E-state index contributed by atoms with van der Waals surface area (Å²) in [7, 11) is -3.56. The lowest BCUT2D eigenvalue weighted by Crippen LogP contribution is -2.48. The van der Waals surface area contributed by atoms with E-state index < -0.39 is 10.0 Å². The molecule has 6 heteroatoms. The predicted molar refractivity (Wildman–Crippen MR) is 82.8 cm³/mol. The van der Waals surface area contributed by atoms with Gasteiger partial charge in [0.2, 0.25) is 0 Å². The Hall–Kier alpha value is -0.950. The third-order valence-corrected chi connectivity index (χ3v) is 6.11. The zero-order valence-electron chi connectivity index (χ0n) is 13.4. The second kappa shape index (κ2) is 6.04. The summed E-state index contributed by atoms with van der Waals surface area (Å²) in [5.41, 5.74) is 4.91. The van der Waals surface area contributed by atoms with Crippen LogP contribution in [-0.2, 0) is 14.8 Å². The maximum absolute atomic E-state index is 12.8. The largest absolute Gasteiger partial charge is 0.379 e. The van der Waals surface area contributed by atoms with E-state index in [4.69, 9.17) is 4.74 Å². The number of nitrogens with one attached hydrogen (secondary N) is 1. The first kappa shape index (κ1) is 16.4. The van der Waals surface area contributed by atoms with Crippen LogP contribution in [0.15, 0.2) is 4.90 Å². The van der Waals surface area contributed by atoms with E-state index in [1.165, 1.54) is 0 Å². The van der Waals surface area contributed by atoms with Crippen molar-refractivity contribution in [2.75, 3.05) is 26.3 Å². The van der Waals surface area contributed by atoms with E-state index in [0.717, 1.165) is 27.8 Å². The van der Waals surface area contributed by atoms with Gasteiger partial charge in [-0.15, -0.1) is 4.83 Å². The van der Waals surface area contributed by atoms with Gasteiger partial charge in [0.25, 0.3) is 10.0 Å². The molecule has 0 aromatic heterocycles. The first-order chi connectivity index (χ1) is 9.75. The van der Waals surface area contributed by atoms with Gasteiger partial charge in [-0.25, -0.2) is 13.4 Å². The quantitative estimate of drug-likeness (QED) is 0.924. The molecule has 1 aromatic carbocycles. The molecule has 1 N–H and O–H groups in total. The van der Waals surface area contributed by atoms with Gasteiger partial charge in [-0.2, -0.15) is 0 Å². The van der Waals surface area contributed by atoms with Crippen LogP contribution in [0.25, 0.3) is 0 Å². The number of benzene rings is 1. The number of hydrogen-bond acceptors (Lipinski definition) is 4. The van der Waals surface area contributed by atoms with Crippen LogP contribution >= 0.6 is 0 Å². The number of rotatable bonds is 3. The minimum atomic E-state index is -3.56. The predicted octanol–water partition coefficient (Wildman–Crippen LogP) is 1.75. The van der Waals surface area contributed by atoms with Crippen LogP contribution in [0.4, 0.5) is 0 Å². The molecule has 0 atom stereocenters. The highest BCUT2D eigenvalue weighted by atomic mass is 32.2. The van der Waals surface area contributed by atoms with E-state index in [-0.39, 0.29) is 0 Å². The van der Waals surface area contributed by atoms with Crippen molar-refractivity contribution in [2.45, 2.75) is 39.5 Å². The molecule has 0 radical (unpaired) electrons. The van der Waals surface area contributed by atoms with Crippen molar-refractivity contribution in [3.05, 3.63) is 27.8 Å². The van der Waals surface area contributed by atoms with E-state index in [1.54, 1.807) is 5.01 Å². The average Bonchev–Trinajstić information content (AvgIpc) is 2.43. The lowest BCUT2D eigenvalue weighted by Gasteiger charge is -2.28. The van der Waals surface area contributed by atoms with Crippen molar-refractivity contribution in [3.8, 4) is 0 Å². The summed E-state index contributed by atoms with van der Waals surface area (Å²) in [5.74, 6) is 0. The zero-order chi connectivity index (χ0) is 15.8. The third kappa shape index (κ3) is 3.13. The first-order valence-corrected chi connectivity index (χ1v) is 8.66. The average molecular weight is 312 g/mol.